The fourth-order valence-corrected chi connectivity index (χ4v) is 2.94. The van der Waals surface area contributed by atoms with Crippen molar-refractivity contribution in [1.82, 2.24) is 10.2 Å². The smallest absolute Gasteiger partial charge is 0.260 e. The van der Waals surface area contributed by atoms with Gasteiger partial charge < -0.3 is 15.0 Å². The largest absolute Gasteiger partial charge is 0.481 e. The SMILES string of the molecule is Cc1ccc(OC(C)C(=O)NCCC2CCN(C)CC2)cc1C. The number of nitrogens with one attached hydrogen (secondary N) is 1. The van der Waals surface area contributed by atoms with Crippen molar-refractivity contribution < 1.29 is 9.53 Å². The standard InChI is InChI=1S/C19H30N2O2/c1-14-5-6-18(13-15(14)2)23-16(3)19(22)20-10-7-17-8-11-21(4)12-9-17/h5-6,13,16-17H,7-12H2,1-4H3,(H,20,22). The predicted molar refractivity (Wildman–Crippen MR) is 93.9 cm³/mol. The van der Waals surface area contributed by atoms with Crippen LogP contribution in [0.5, 0.6) is 5.75 Å². The van der Waals surface area contributed by atoms with Crippen molar-refractivity contribution in [2.45, 2.75) is 46.1 Å². The van der Waals surface area contributed by atoms with Gasteiger partial charge in [-0.2, -0.15) is 0 Å². The molecule has 1 aromatic carbocycles. The molecule has 1 amide bonds. The molecule has 1 N–H and O–H groups in total. The van der Waals surface area contributed by atoms with Gasteiger partial charge in [-0.3, -0.25) is 4.79 Å². The van der Waals surface area contributed by atoms with Crippen molar-refractivity contribution in [3.8, 4) is 5.75 Å². The molecule has 1 aromatic rings. The normalized spacial score (nSPS) is 17.7. The lowest BCUT2D eigenvalue weighted by molar-refractivity contribution is -0.127. The number of carbonyl (C=O) groups is 1. The zero-order valence-corrected chi connectivity index (χ0v) is 14.9. The number of carbonyl (C=O) groups excluding carboxylic acids is 1. The Balaban J connectivity index is 1.71. The van der Waals surface area contributed by atoms with Crippen molar-refractivity contribution in [3.63, 3.8) is 0 Å². The first kappa shape index (κ1) is 17.8. The van der Waals surface area contributed by atoms with Crippen molar-refractivity contribution in [2.75, 3.05) is 26.7 Å². The first-order chi connectivity index (χ1) is 11.0. The lowest BCUT2D eigenvalue weighted by Crippen LogP contribution is -2.38. The summed E-state index contributed by atoms with van der Waals surface area (Å²) in [7, 11) is 2.17. The Kier molecular flexibility index (Phi) is 6.46. The third-order valence-corrected chi connectivity index (χ3v) is 4.85. The summed E-state index contributed by atoms with van der Waals surface area (Å²) in [5, 5.41) is 3.01. The molecule has 0 aromatic heterocycles. The lowest BCUT2D eigenvalue weighted by atomic mass is 9.94. The average Bonchev–Trinajstić information content (AvgIpc) is 2.52. The van der Waals surface area contributed by atoms with Crippen LogP contribution in [0.3, 0.4) is 0 Å². The van der Waals surface area contributed by atoms with Crippen LogP contribution in [0.4, 0.5) is 0 Å². The van der Waals surface area contributed by atoms with Gasteiger partial charge in [-0.1, -0.05) is 6.07 Å². The molecule has 1 aliphatic heterocycles. The number of hydrogen-bond acceptors (Lipinski definition) is 3. The van der Waals surface area contributed by atoms with Gasteiger partial charge >= 0.3 is 0 Å². The van der Waals surface area contributed by atoms with Crippen molar-refractivity contribution >= 4 is 5.91 Å². The fourth-order valence-electron chi connectivity index (χ4n) is 2.94. The van der Waals surface area contributed by atoms with Gasteiger partial charge in [0.1, 0.15) is 5.75 Å². The molecule has 2 rings (SSSR count). The molecule has 1 heterocycles. The molecule has 4 heteroatoms. The molecule has 1 aliphatic rings. The van der Waals surface area contributed by atoms with Crippen LogP contribution in [-0.4, -0.2) is 43.6 Å². The van der Waals surface area contributed by atoms with Gasteiger partial charge in [0.2, 0.25) is 0 Å². The number of benzene rings is 1. The molecule has 0 radical (unpaired) electrons. The third kappa shape index (κ3) is 5.54. The Morgan fingerprint density at radius 3 is 2.65 bits per heavy atom. The molecule has 1 fully saturated rings. The van der Waals surface area contributed by atoms with Gasteiger partial charge in [0, 0.05) is 6.54 Å². The van der Waals surface area contributed by atoms with Gasteiger partial charge in [-0.25, -0.2) is 0 Å². The molecule has 1 unspecified atom stereocenters. The first-order valence-electron chi connectivity index (χ1n) is 8.66. The molecule has 0 spiro atoms. The second-order valence-electron chi connectivity index (χ2n) is 6.83. The number of amides is 1. The van der Waals surface area contributed by atoms with E-state index in [4.69, 9.17) is 4.74 Å². The molecule has 4 nitrogen and oxygen atoms in total. The Labute approximate surface area is 140 Å². The number of rotatable bonds is 6. The topological polar surface area (TPSA) is 41.6 Å². The number of likely N-dealkylation sites (tertiary alicyclic amines) is 1. The second-order valence-corrected chi connectivity index (χ2v) is 6.83. The third-order valence-electron chi connectivity index (χ3n) is 4.85. The Morgan fingerprint density at radius 1 is 1.30 bits per heavy atom. The van der Waals surface area contributed by atoms with Crippen LogP contribution in [0, 0.1) is 19.8 Å². The number of ether oxygens (including phenoxy) is 1. The summed E-state index contributed by atoms with van der Waals surface area (Å²) in [6, 6.07) is 5.93. The summed E-state index contributed by atoms with van der Waals surface area (Å²) in [6.45, 7) is 9.01. The highest BCUT2D eigenvalue weighted by molar-refractivity contribution is 5.80. The predicted octanol–water partition coefficient (Wildman–Crippen LogP) is 2.92. The molecule has 128 valence electrons. The van der Waals surface area contributed by atoms with Crippen LogP contribution in [-0.2, 0) is 4.79 Å². The van der Waals surface area contributed by atoms with Gasteiger partial charge in [0.05, 0.1) is 0 Å². The van der Waals surface area contributed by atoms with Crippen LogP contribution in [0.15, 0.2) is 18.2 Å². The van der Waals surface area contributed by atoms with Crippen LogP contribution in [0.1, 0.15) is 37.3 Å². The van der Waals surface area contributed by atoms with Gasteiger partial charge in [0.15, 0.2) is 6.10 Å². The maximum absolute atomic E-state index is 12.1. The average molecular weight is 318 g/mol. The maximum atomic E-state index is 12.1. The van der Waals surface area contributed by atoms with E-state index in [0.717, 1.165) is 24.6 Å². The highest BCUT2D eigenvalue weighted by atomic mass is 16.5. The Morgan fingerprint density at radius 2 is 2.00 bits per heavy atom. The summed E-state index contributed by atoms with van der Waals surface area (Å²) >= 11 is 0. The number of nitrogens with zero attached hydrogens (tertiary/aromatic N) is 1. The van der Waals surface area contributed by atoms with Crippen LogP contribution >= 0.6 is 0 Å². The van der Waals surface area contributed by atoms with Crippen LogP contribution < -0.4 is 10.1 Å². The summed E-state index contributed by atoms with van der Waals surface area (Å²) in [6.07, 6.45) is 3.08. The van der Waals surface area contributed by atoms with E-state index in [9.17, 15) is 4.79 Å². The molecule has 0 saturated carbocycles. The van der Waals surface area contributed by atoms with Crippen molar-refractivity contribution in [3.05, 3.63) is 29.3 Å². The molecule has 23 heavy (non-hydrogen) atoms. The van der Waals surface area contributed by atoms with E-state index in [1.807, 2.05) is 18.2 Å². The van der Waals surface area contributed by atoms with E-state index in [1.54, 1.807) is 6.92 Å². The van der Waals surface area contributed by atoms with Crippen molar-refractivity contribution in [2.24, 2.45) is 5.92 Å². The second kappa shape index (κ2) is 8.34. The number of piperidine rings is 1. The quantitative estimate of drug-likeness (QED) is 0.877. The van der Waals surface area contributed by atoms with E-state index < -0.39 is 6.10 Å². The van der Waals surface area contributed by atoms with Gasteiger partial charge in [-0.05, 0) is 89.3 Å². The van der Waals surface area contributed by atoms with Crippen LogP contribution in [0.2, 0.25) is 0 Å². The highest BCUT2D eigenvalue weighted by Gasteiger charge is 2.18. The molecular weight excluding hydrogens is 288 g/mol. The molecule has 0 bridgehead atoms. The molecule has 0 aliphatic carbocycles. The van der Waals surface area contributed by atoms with E-state index >= 15 is 0 Å². The zero-order chi connectivity index (χ0) is 16.8. The van der Waals surface area contributed by atoms with E-state index in [1.165, 1.54) is 37.1 Å². The molecular formula is C19H30N2O2. The number of hydrogen-bond donors (Lipinski definition) is 1. The van der Waals surface area contributed by atoms with Crippen LogP contribution in [0.25, 0.3) is 0 Å². The first-order valence-corrected chi connectivity index (χ1v) is 8.66. The minimum Gasteiger partial charge on any atom is -0.481 e. The van der Waals surface area contributed by atoms with Crippen molar-refractivity contribution in [1.29, 1.82) is 0 Å². The van der Waals surface area contributed by atoms with E-state index in [-0.39, 0.29) is 5.91 Å². The lowest BCUT2D eigenvalue weighted by Gasteiger charge is -2.29. The highest BCUT2D eigenvalue weighted by Crippen LogP contribution is 2.19. The monoisotopic (exact) mass is 318 g/mol. The minimum atomic E-state index is -0.463. The van der Waals surface area contributed by atoms with Gasteiger partial charge in [0.25, 0.3) is 5.91 Å². The maximum Gasteiger partial charge on any atom is 0.260 e. The summed E-state index contributed by atoms with van der Waals surface area (Å²) in [5.74, 6) is 1.46. The summed E-state index contributed by atoms with van der Waals surface area (Å²) < 4.78 is 5.75. The Bertz CT molecular complexity index is 522. The minimum absolute atomic E-state index is 0.0313. The van der Waals surface area contributed by atoms with E-state index in [2.05, 4.69) is 31.1 Å². The fraction of sp³-hybridized carbons (Fsp3) is 0.632. The van der Waals surface area contributed by atoms with Gasteiger partial charge in [-0.15, -0.1) is 0 Å². The summed E-state index contributed by atoms with van der Waals surface area (Å²) in [4.78, 5) is 14.5. The Hall–Kier alpha value is -1.55. The molecule has 1 atom stereocenters. The summed E-state index contributed by atoms with van der Waals surface area (Å²) in [5.41, 5.74) is 2.41. The number of aryl methyl sites for hydroxylation is 2. The zero-order valence-electron chi connectivity index (χ0n) is 14.9. The van der Waals surface area contributed by atoms with E-state index in [0.29, 0.717) is 0 Å². The molecule has 1 saturated heterocycles.